The minimum absolute atomic E-state index is 0.102. The van der Waals surface area contributed by atoms with Crippen LogP contribution >= 0.6 is 0 Å². The average molecular weight is 263 g/mol. The minimum Gasteiger partial charge on any atom is -0.323 e. The topological polar surface area (TPSA) is 69.4 Å². The van der Waals surface area contributed by atoms with Crippen molar-refractivity contribution in [3.63, 3.8) is 0 Å². The molecule has 0 amide bonds. The average Bonchev–Trinajstić information content (AvgIpc) is 1.90. The smallest absolute Gasteiger partial charge is 0.264 e. The van der Waals surface area contributed by atoms with Gasteiger partial charge in [0, 0.05) is 5.54 Å². The Kier molecular flexibility index (Phi) is 3.45. The van der Waals surface area contributed by atoms with Crippen LogP contribution in [0.1, 0.15) is 47.5 Å². The third-order valence-corrected chi connectivity index (χ3v) is 3.92. The van der Waals surface area contributed by atoms with Crippen LogP contribution in [0.3, 0.4) is 0 Å². The maximum atomic E-state index is 11.4. The van der Waals surface area contributed by atoms with Crippen molar-refractivity contribution in [1.82, 2.24) is 0 Å². The molecule has 2 atom stereocenters. The van der Waals surface area contributed by atoms with Gasteiger partial charge in [-0.2, -0.15) is 8.42 Å². The van der Waals surface area contributed by atoms with Crippen molar-refractivity contribution < 1.29 is 12.6 Å². The summed E-state index contributed by atoms with van der Waals surface area (Å²) in [6.07, 6.45) is 2.26. The lowest BCUT2D eigenvalue weighted by atomic mass is 9.57. The molecule has 0 aromatic heterocycles. The lowest BCUT2D eigenvalue weighted by Crippen LogP contribution is -2.62. The lowest BCUT2D eigenvalue weighted by molar-refractivity contribution is -0.0640. The number of hydrogen-bond acceptors (Lipinski definition) is 4. The van der Waals surface area contributed by atoms with Crippen molar-refractivity contribution in [2.24, 2.45) is 16.6 Å². The molecule has 1 fully saturated rings. The molecule has 0 aliphatic heterocycles. The predicted molar refractivity (Wildman–Crippen MR) is 69.1 cm³/mol. The zero-order valence-electron chi connectivity index (χ0n) is 11.7. The van der Waals surface area contributed by atoms with E-state index in [0.29, 0.717) is 0 Å². The van der Waals surface area contributed by atoms with Crippen LogP contribution in [-0.4, -0.2) is 26.3 Å². The molecule has 2 unspecified atom stereocenters. The van der Waals surface area contributed by atoms with E-state index in [1.165, 1.54) is 0 Å². The summed E-state index contributed by atoms with van der Waals surface area (Å²) >= 11 is 0. The van der Waals surface area contributed by atoms with Crippen LogP contribution in [0.4, 0.5) is 0 Å². The fourth-order valence-corrected chi connectivity index (χ4v) is 4.65. The maximum Gasteiger partial charge on any atom is 0.264 e. The highest BCUT2D eigenvalue weighted by Gasteiger charge is 2.52. The Morgan fingerprint density at radius 1 is 1.12 bits per heavy atom. The first-order valence-electron chi connectivity index (χ1n) is 5.92. The summed E-state index contributed by atoms with van der Waals surface area (Å²) in [5.41, 5.74) is 5.51. The van der Waals surface area contributed by atoms with Gasteiger partial charge in [0.05, 0.1) is 12.4 Å². The molecule has 0 radical (unpaired) electrons. The third-order valence-electron chi connectivity index (χ3n) is 3.37. The van der Waals surface area contributed by atoms with Crippen molar-refractivity contribution in [2.75, 3.05) is 6.26 Å². The van der Waals surface area contributed by atoms with Gasteiger partial charge in [-0.05, 0) is 30.6 Å². The Balaban J connectivity index is 3.10. The third kappa shape index (κ3) is 3.66. The lowest BCUT2D eigenvalue weighted by Gasteiger charge is -2.53. The Morgan fingerprint density at radius 2 is 1.59 bits per heavy atom. The summed E-state index contributed by atoms with van der Waals surface area (Å²) in [7, 11) is -3.48. The Labute approximate surface area is 105 Å². The second-order valence-electron chi connectivity index (χ2n) is 7.19. The first kappa shape index (κ1) is 14.9. The van der Waals surface area contributed by atoms with Crippen molar-refractivity contribution in [2.45, 2.75) is 59.1 Å². The molecule has 102 valence electrons. The van der Waals surface area contributed by atoms with E-state index in [2.05, 4.69) is 13.8 Å². The molecule has 0 saturated heterocycles. The summed E-state index contributed by atoms with van der Waals surface area (Å²) in [4.78, 5) is 0. The standard InChI is InChI=1S/C12H25NO3S/c1-10(2)7-11(3,4)9(12(5,13)8-10)16-17(6,14)15/h9H,7-8,13H2,1-6H3. The maximum absolute atomic E-state index is 11.4. The summed E-state index contributed by atoms with van der Waals surface area (Å²) in [6.45, 7) is 10.3. The first-order valence-corrected chi connectivity index (χ1v) is 7.74. The van der Waals surface area contributed by atoms with E-state index >= 15 is 0 Å². The largest absolute Gasteiger partial charge is 0.323 e. The highest BCUT2D eigenvalue weighted by molar-refractivity contribution is 7.86. The van der Waals surface area contributed by atoms with Gasteiger partial charge in [0.25, 0.3) is 10.1 Å². The van der Waals surface area contributed by atoms with Crippen LogP contribution in [0.2, 0.25) is 0 Å². The van der Waals surface area contributed by atoms with Crippen LogP contribution in [0.5, 0.6) is 0 Å². The normalized spacial score (nSPS) is 36.8. The first-order chi connectivity index (χ1) is 7.25. The molecule has 0 bridgehead atoms. The zero-order valence-corrected chi connectivity index (χ0v) is 12.5. The SMILES string of the molecule is CC1(C)CC(C)(C)C(OS(C)(=O)=O)C(C)(N)C1. The molecule has 4 nitrogen and oxygen atoms in total. The van der Waals surface area contributed by atoms with Crippen molar-refractivity contribution >= 4 is 10.1 Å². The molecule has 17 heavy (non-hydrogen) atoms. The molecule has 1 saturated carbocycles. The highest BCUT2D eigenvalue weighted by atomic mass is 32.2. The minimum atomic E-state index is -3.48. The van der Waals surface area contributed by atoms with Gasteiger partial charge in [-0.15, -0.1) is 0 Å². The molecular weight excluding hydrogens is 238 g/mol. The summed E-state index contributed by atoms with van der Waals surface area (Å²) in [6, 6.07) is 0. The Morgan fingerprint density at radius 3 is 1.94 bits per heavy atom. The number of hydrogen-bond donors (Lipinski definition) is 1. The van der Waals surface area contributed by atoms with Crippen molar-refractivity contribution in [3.8, 4) is 0 Å². The van der Waals surface area contributed by atoms with Crippen molar-refractivity contribution in [1.29, 1.82) is 0 Å². The second kappa shape index (κ2) is 3.93. The molecule has 1 aliphatic rings. The Bertz CT molecular complexity index is 376. The van der Waals surface area contributed by atoms with E-state index in [4.69, 9.17) is 9.92 Å². The molecule has 1 aliphatic carbocycles. The highest BCUT2D eigenvalue weighted by Crippen LogP contribution is 2.50. The fourth-order valence-electron chi connectivity index (χ4n) is 3.82. The molecule has 1 rings (SSSR count). The molecule has 5 heteroatoms. The molecular formula is C12H25NO3S. The molecule has 0 heterocycles. The predicted octanol–water partition coefficient (Wildman–Crippen LogP) is 1.89. The van der Waals surface area contributed by atoms with E-state index in [1.54, 1.807) is 0 Å². The summed E-state index contributed by atoms with van der Waals surface area (Å²) < 4.78 is 28.0. The van der Waals surface area contributed by atoms with Gasteiger partial charge in [-0.1, -0.05) is 27.7 Å². The van der Waals surface area contributed by atoms with Gasteiger partial charge in [-0.25, -0.2) is 0 Å². The van der Waals surface area contributed by atoms with Crippen LogP contribution in [0, 0.1) is 10.8 Å². The van der Waals surface area contributed by atoms with Gasteiger partial charge >= 0.3 is 0 Å². The fraction of sp³-hybridized carbons (Fsp3) is 1.00. The summed E-state index contributed by atoms with van der Waals surface area (Å²) in [5, 5.41) is 0. The molecule has 0 aromatic carbocycles. The molecule has 0 aromatic rings. The van der Waals surface area contributed by atoms with Gasteiger partial charge < -0.3 is 5.73 Å². The van der Waals surface area contributed by atoms with E-state index in [0.717, 1.165) is 19.1 Å². The van der Waals surface area contributed by atoms with E-state index in [1.807, 2.05) is 20.8 Å². The van der Waals surface area contributed by atoms with Gasteiger partial charge in [-0.3, -0.25) is 4.18 Å². The van der Waals surface area contributed by atoms with Gasteiger partial charge in [0.1, 0.15) is 0 Å². The van der Waals surface area contributed by atoms with Crippen LogP contribution < -0.4 is 5.73 Å². The van der Waals surface area contributed by atoms with E-state index < -0.39 is 21.8 Å². The quantitative estimate of drug-likeness (QED) is 0.772. The van der Waals surface area contributed by atoms with E-state index in [-0.39, 0.29) is 10.8 Å². The monoisotopic (exact) mass is 263 g/mol. The van der Waals surface area contributed by atoms with Crippen LogP contribution in [0.25, 0.3) is 0 Å². The zero-order chi connectivity index (χ0) is 13.7. The Hall–Kier alpha value is -0.130. The van der Waals surface area contributed by atoms with Crippen LogP contribution in [-0.2, 0) is 14.3 Å². The number of nitrogens with two attached hydrogens (primary N) is 1. The molecule has 2 N–H and O–H groups in total. The van der Waals surface area contributed by atoms with Gasteiger partial charge in [0.2, 0.25) is 0 Å². The second-order valence-corrected chi connectivity index (χ2v) is 8.79. The number of rotatable bonds is 2. The van der Waals surface area contributed by atoms with Crippen molar-refractivity contribution in [3.05, 3.63) is 0 Å². The summed E-state index contributed by atoms with van der Waals surface area (Å²) in [5.74, 6) is 0. The van der Waals surface area contributed by atoms with Crippen LogP contribution in [0.15, 0.2) is 0 Å². The van der Waals surface area contributed by atoms with E-state index in [9.17, 15) is 8.42 Å². The van der Waals surface area contributed by atoms with Gasteiger partial charge in [0.15, 0.2) is 0 Å². The molecule has 0 spiro atoms.